The van der Waals surface area contributed by atoms with E-state index in [1.165, 1.54) is 6.07 Å². The molecule has 2 atom stereocenters. The number of hydrogen-bond donors (Lipinski definition) is 2. The van der Waals surface area contributed by atoms with Crippen molar-refractivity contribution >= 4 is 28.2 Å². The first kappa shape index (κ1) is 24.6. The number of esters is 1. The zero-order valence-electron chi connectivity index (χ0n) is 18.6. The van der Waals surface area contributed by atoms with Crippen molar-refractivity contribution in [1.29, 1.82) is 5.26 Å². The average Bonchev–Trinajstić information content (AvgIpc) is 3.38. The van der Waals surface area contributed by atoms with Gasteiger partial charge in [0.05, 0.1) is 18.9 Å². The third-order valence-electron chi connectivity index (χ3n) is 5.87. The molecule has 2 heterocycles. The molecule has 1 aliphatic rings. The number of rotatable bonds is 5. The summed E-state index contributed by atoms with van der Waals surface area (Å²) in [4.78, 5) is 25.7. The predicted molar refractivity (Wildman–Crippen MR) is 115 cm³/mol. The summed E-state index contributed by atoms with van der Waals surface area (Å²) in [6.07, 6.45) is -2.27. The SMILES string of the molecule is COC(=O)C(NC(=O)c1ccco1)(Nc1sc2c(c1C#N)CCC(C(C)(C)C)C2)C(F)(F)F. The monoisotopic (exact) mass is 483 g/mol. The first-order chi connectivity index (χ1) is 15.3. The number of furan rings is 1. The highest BCUT2D eigenvalue weighted by Crippen LogP contribution is 2.45. The van der Waals surface area contributed by atoms with Crippen LogP contribution in [-0.4, -0.2) is 30.8 Å². The van der Waals surface area contributed by atoms with Crippen molar-refractivity contribution in [2.75, 3.05) is 12.4 Å². The summed E-state index contributed by atoms with van der Waals surface area (Å²) in [5.74, 6) is -3.19. The molecule has 0 saturated carbocycles. The maximum Gasteiger partial charge on any atom is 0.441 e. The Hall–Kier alpha value is -3.00. The van der Waals surface area contributed by atoms with Crippen molar-refractivity contribution in [2.24, 2.45) is 11.3 Å². The number of nitrogens with zero attached hydrogens (tertiary/aromatic N) is 1. The first-order valence-corrected chi connectivity index (χ1v) is 11.0. The van der Waals surface area contributed by atoms with Crippen molar-refractivity contribution in [3.05, 3.63) is 40.2 Å². The Morgan fingerprint density at radius 3 is 2.52 bits per heavy atom. The van der Waals surface area contributed by atoms with Gasteiger partial charge in [-0.25, -0.2) is 4.79 Å². The van der Waals surface area contributed by atoms with Crippen LogP contribution in [0.4, 0.5) is 18.2 Å². The van der Waals surface area contributed by atoms with Gasteiger partial charge in [-0.3, -0.25) is 4.79 Å². The molecule has 0 aliphatic heterocycles. The van der Waals surface area contributed by atoms with E-state index in [4.69, 9.17) is 4.42 Å². The molecule has 7 nitrogen and oxygen atoms in total. The highest BCUT2D eigenvalue weighted by molar-refractivity contribution is 7.16. The molecule has 0 saturated heterocycles. The number of methoxy groups -OCH3 is 1. The highest BCUT2D eigenvalue weighted by atomic mass is 32.1. The van der Waals surface area contributed by atoms with Crippen molar-refractivity contribution in [3.63, 3.8) is 0 Å². The van der Waals surface area contributed by atoms with Crippen LogP contribution in [0.15, 0.2) is 22.8 Å². The van der Waals surface area contributed by atoms with Crippen LogP contribution in [0.1, 0.15) is 53.8 Å². The molecule has 0 spiro atoms. The van der Waals surface area contributed by atoms with Crippen LogP contribution < -0.4 is 10.6 Å². The van der Waals surface area contributed by atoms with Crippen LogP contribution in [-0.2, 0) is 22.4 Å². The van der Waals surface area contributed by atoms with Crippen LogP contribution >= 0.6 is 11.3 Å². The Morgan fingerprint density at radius 1 is 1.30 bits per heavy atom. The van der Waals surface area contributed by atoms with E-state index in [0.29, 0.717) is 18.4 Å². The van der Waals surface area contributed by atoms with E-state index in [-0.39, 0.29) is 21.9 Å². The third-order valence-corrected chi connectivity index (χ3v) is 7.04. The van der Waals surface area contributed by atoms with Gasteiger partial charge in [-0.2, -0.15) is 18.4 Å². The fraction of sp³-hybridized carbons (Fsp3) is 0.500. The number of nitriles is 1. The number of amides is 1. The van der Waals surface area contributed by atoms with Gasteiger partial charge < -0.3 is 19.8 Å². The molecule has 2 unspecified atom stereocenters. The Balaban J connectivity index is 2.07. The molecule has 11 heteroatoms. The summed E-state index contributed by atoms with van der Waals surface area (Å²) in [5, 5.41) is 13.4. The number of thiophene rings is 1. The molecule has 2 aromatic rings. The quantitative estimate of drug-likeness (QED) is 0.474. The summed E-state index contributed by atoms with van der Waals surface area (Å²) < 4.78 is 52.3. The molecule has 3 rings (SSSR count). The Kier molecular flexibility index (Phi) is 6.53. The second kappa shape index (κ2) is 8.74. The summed E-state index contributed by atoms with van der Waals surface area (Å²) >= 11 is 0.986. The molecule has 2 aromatic heterocycles. The van der Waals surface area contributed by atoms with Gasteiger partial charge in [0.1, 0.15) is 11.1 Å². The van der Waals surface area contributed by atoms with E-state index < -0.39 is 29.5 Å². The van der Waals surface area contributed by atoms with Crippen molar-refractivity contribution in [2.45, 2.75) is 51.9 Å². The molecule has 1 aliphatic carbocycles. The predicted octanol–water partition coefficient (Wildman–Crippen LogP) is 4.64. The smallest absolute Gasteiger partial charge is 0.441 e. The molecular formula is C22H24F3N3O4S. The van der Waals surface area contributed by atoms with Gasteiger partial charge in [0.25, 0.3) is 5.91 Å². The number of nitrogens with one attached hydrogen (secondary N) is 2. The lowest BCUT2D eigenvalue weighted by atomic mass is 9.72. The molecular weight excluding hydrogens is 459 g/mol. The fourth-order valence-electron chi connectivity index (χ4n) is 3.89. The highest BCUT2D eigenvalue weighted by Gasteiger charge is 2.64. The van der Waals surface area contributed by atoms with E-state index in [9.17, 15) is 28.0 Å². The number of hydrogen-bond acceptors (Lipinski definition) is 7. The summed E-state index contributed by atoms with van der Waals surface area (Å²) in [5.41, 5.74) is -2.94. The van der Waals surface area contributed by atoms with Crippen LogP contribution in [0.2, 0.25) is 0 Å². The minimum atomic E-state index is -5.31. The standard InChI is InChI=1S/C22H24F3N3O4S/c1-20(2,3)12-7-8-13-14(11-26)18(33-16(13)10-12)28-21(19(30)31-4,22(23,24)25)27-17(29)15-6-5-9-32-15/h5-6,9,12,28H,7-8,10H2,1-4H3,(H,27,29). The topological polar surface area (TPSA) is 104 Å². The van der Waals surface area contributed by atoms with Crippen LogP contribution in [0.25, 0.3) is 0 Å². The van der Waals surface area contributed by atoms with E-state index in [1.54, 1.807) is 5.32 Å². The summed E-state index contributed by atoms with van der Waals surface area (Å²) in [6, 6.07) is 4.45. The number of fused-ring (bicyclic) bond motifs is 1. The van der Waals surface area contributed by atoms with Gasteiger partial charge in [-0.05, 0) is 48.3 Å². The van der Waals surface area contributed by atoms with E-state index in [0.717, 1.165) is 42.1 Å². The Bertz CT molecular complexity index is 1080. The van der Waals surface area contributed by atoms with Gasteiger partial charge in [0, 0.05) is 4.88 Å². The number of halogens is 3. The second-order valence-electron chi connectivity index (χ2n) is 8.92. The number of carbonyl (C=O) groups excluding carboxylic acids is 2. The third kappa shape index (κ3) is 4.57. The van der Waals surface area contributed by atoms with Gasteiger partial charge in [-0.1, -0.05) is 20.8 Å². The van der Waals surface area contributed by atoms with Crippen LogP contribution in [0.3, 0.4) is 0 Å². The van der Waals surface area contributed by atoms with Crippen LogP contribution in [0.5, 0.6) is 0 Å². The number of anilines is 1. The first-order valence-electron chi connectivity index (χ1n) is 10.2. The molecule has 1 amide bonds. The lowest BCUT2D eigenvalue weighted by molar-refractivity contribution is -0.203. The van der Waals surface area contributed by atoms with E-state index in [2.05, 4.69) is 30.8 Å². The van der Waals surface area contributed by atoms with Crippen molar-refractivity contribution < 1.29 is 31.9 Å². The minimum Gasteiger partial charge on any atom is -0.466 e. The fourth-order valence-corrected chi connectivity index (χ4v) is 5.22. The average molecular weight is 484 g/mol. The zero-order valence-corrected chi connectivity index (χ0v) is 19.4. The second-order valence-corrected chi connectivity index (χ2v) is 10.0. The van der Waals surface area contributed by atoms with E-state index in [1.807, 2.05) is 6.07 Å². The zero-order chi connectivity index (χ0) is 24.6. The maximum atomic E-state index is 14.4. The molecule has 2 N–H and O–H groups in total. The maximum absolute atomic E-state index is 14.4. The van der Waals surface area contributed by atoms with Gasteiger partial charge in [0.2, 0.25) is 0 Å². The molecule has 33 heavy (non-hydrogen) atoms. The van der Waals surface area contributed by atoms with Gasteiger partial charge >= 0.3 is 17.8 Å². The Morgan fingerprint density at radius 2 is 2.00 bits per heavy atom. The minimum absolute atomic E-state index is 0.0131. The molecule has 0 aromatic carbocycles. The lowest BCUT2D eigenvalue weighted by Crippen LogP contribution is -2.69. The Labute approximate surface area is 192 Å². The lowest BCUT2D eigenvalue weighted by Gasteiger charge is -2.34. The van der Waals surface area contributed by atoms with Gasteiger partial charge in [0.15, 0.2) is 5.76 Å². The summed E-state index contributed by atoms with van der Waals surface area (Å²) in [6.45, 7) is 6.28. The largest absolute Gasteiger partial charge is 0.466 e. The summed E-state index contributed by atoms with van der Waals surface area (Å²) in [7, 11) is 0.780. The molecule has 0 radical (unpaired) electrons. The molecule has 178 valence electrons. The van der Waals surface area contributed by atoms with Gasteiger partial charge in [-0.15, -0.1) is 11.3 Å². The number of alkyl halides is 3. The van der Waals surface area contributed by atoms with Crippen molar-refractivity contribution in [1.82, 2.24) is 5.32 Å². The number of ether oxygens (including phenoxy) is 1. The number of carbonyl (C=O) groups is 2. The molecule has 0 bridgehead atoms. The van der Waals surface area contributed by atoms with E-state index >= 15 is 0 Å². The molecule has 0 fully saturated rings. The normalized spacial score (nSPS) is 17.9. The van der Waals surface area contributed by atoms with Crippen molar-refractivity contribution in [3.8, 4) is 6.07 Å². The van der Waals surface area contributed by atoms with Crippen LogP contribution in [0, 0.1) is 22.7 Å².